The van der Waals surface area contributed by atoms with E-state index in [2.05, 4.69) is 15.6 Å². The van der Waals surface area contributed by atoms with E-state index in [1.807, 2.05) is 33.8 Å². The van der Waals surface area contributed by atoms with Gasteiger partial charge in [0, 0.05) is 5.69 Å². The highest BCUT2D eigenvalue weighted by Gasteiger charge is 2.27. The van der Waals surface area contributed by atoms with Crippen LogP contribution in [0.25, 0.3) is 0 Å². The number of anilines is 1. The summed E-state index contributed by atoms with van der Waals surface area (Å²) in [4.78, 5) is 16.2. The van der Waals surface area contributed by atoms with Crippen molar-refractivity contribution in [1.29, 1.82) is 0 Å². The van der Waals surface area contributed by atoms with Gasteiger partial charge < -0.3 is 15.7 Å². The van der Waals surface area contributed by atoms with Crippen LogP contribution < -0.4 is 10.6 Å². The highest BCUT2D eigenvalue weighted by atomic mass is 35.5. The molecule has 1 heterocycles. The molecule has 0 aliphatic carbocycles. The standard InChI is InChI=1S/C14H22ClN3O2/c1-5-14(6-2,8-19)18-13(20)17-11-9(3)7-10(4)16-12(11)15/h7,19H,5-6,8H2,1-4H3,(H2,17,18,20). The predicted molar refractivity (Wildman–Crippen MR) is 81.3 cm³/mol. The van der Waals surface area contributed by atoms with Crippen molar-refractivity contribution in [2.24, 2.45) is 0 Å². The highest BCUT2D eigenvalue weighted by Crippen LogP contribution is 2.24. The normalized spacial score (nSPS) is 11.3. The number of carbonyl (C=O) groups is 1. The van der Waals surface area contributed by atoms with E-state index in [1.54, 1.807) is 0 Å². The SMILES string of the molecule is CCC(CC)(CO)NC(=O)Nc1c(C)cc(C)nc1Cl. The Morgan fingerprint density at radius 1 is 1.40 bits per heavy atom. The number of nitrogens with zero attached hydrogens (tertiary/aromatic N) is 1. The van der Waals surface area contributed by atoms with Crippen LogP contribution in [0.1, 0.15) is 37.9 Å². The van der Waals surface area contributed by atoms with Crippen molar-refractivity contribution in [3.8, 4) is 0 Å². The Morgan fingerprint density at radius 3 is 2.45 bits per heavy atom. The van der Waals surface area contributed by atoms with E-state index in [1.165, 1.54) is 0 Å². The number of aliphatic hydroxyl groups excluding tert-OH is 1. The third kappa shape index (κ3) is 3.84. The second-order valence-electron chi connectivity index (χ2n) is 4.97. The number of urea groups is 1. The van der Waals surface area contributed by atoms with Crippen LogP contribution in [0.5, 0.6) is 0 Å². The van der Waals surface area contributed by atoms with E-state index in [-0.39, 0.29) is 11.8 Å². The Bertz CT molecular complexity index is 456. The van der Waals surface area contributed by atoms with Crippen LogP contribution in [0.15, 0.2) is 6.07 Å². The van der Waals surface area contributed by atoms with Crippen molar-refractivity contribution < 1.29 is 9.90 Å². The lowest BCUT2D eigenvalue weighted by Gasteiger charge is -2.30. The number of rotatable bonds is 5. The van der Waals surface area contributed by atoms with Gasteiger partial charge in [-0.1, -0.05) is 25.4 Å². The monoisotopic (exact) mass is 299 g/mol. The molecule has 0 radical (unpaired) electrons. The summed E-state index contributed by atoms with van der Waals surface area (Å²) in [5.41, 5.74) is 1.53. The van der Waals surface area contributed by atoms with Crippen LogP contribution in [0.3, 0.4) is 0 Å². The molecule has 6 heteroatoms. The molecule has 0 aliphatic rings. The Morgan fingerprint density at radius 2 is 2.00 bits per heavy atom. The molecule has 0 atom stereocenters. The molecular formula is C14H22ClN3O2. The van der Waals surface area contributed by atoms with Gasteiger partial charge in [0.15, 0.2) is 5.15 Å². The van der Waals surface area contributed by atoms with Crippen LogP contribution in [0, 0.1) is 13.8 Å². The Balaban J connectivity index is 2.87. The molecule has 112 valence electrons. The summed E-state index contributed by atoms with van der Waals surface area (Å²) in [6.45, 7) is 7.44. The van der Waals surface area contributed by atoms with Crippen molar-refractivity contribution in [2.45, 2.75) is 46.1 Å². The number of amides is 2. The second kappa shape index (κ2) is 6.90. The summed E-state index contributed by atoms with van der Waals surface area (Å²) in [6.07, 6.45) is 1.29. The van der Waals surface area contributed by atoms with Crippen molar-refractivity contribution in [1.82, 2.24) is 10.3 Å². The minimum atomic E-state index is -0.609. The molecule has 1 rings (SSSR count). The molecule has 0 unspecified atom stereocenters. The molecular weight excluding hydrogens is 278 g/mol. The largest absolute Gasteiger partial charge is 0.394 e. The van der Waals surface area contributed by atoms with E-state index < -0.39 is 11.6 Å². The second-order valence-corrected chi connectivity index (χ2v) is 5.33. The van der Waals surface area contributed by atoms with Gasteiger partial charge in [-0.15, -0.1) is 0 Å². The molecule has 0 aromatic carbocycles. The smallest absolute Gasteiger partial charge is 0.319 e. The molecule has 0 bridgehead atoms. The molecule has 0 saturated heterocycles. The number of hydrogen-bond acceptors (Lipinski definition) is 3. The number of pyridine rings is 1. The van der Waals surface area contributed by atoms with E-state index in [0.29, 0.717) is 18.5 Å². The molecule has 1 aromatic rings. The summed E-state index contributed by atoms with van der Waals surface area (Å²) in [5, 5.41) is 15.2. The fourth-order valence-corrected chi connectivity index (χ4v) is 2.35. The first-order valence-electron chi connectivity index (χ1n) is 6.71. The zero-order valence-electron chi connectivity index (χ0n) is 12.4. The van der Waals surface area contributed by atoms with Crippen LogP contribution in [-0.2, 0) is 0 Å². The lowest BCUT2D eigenvalue weighted by molar-refractivity contribution is 0.155. The molecule has 5 nitrogen and oxygen atoms in total. The molecule has 20 heavy (non-hydrogen) atoms. The third-order valence-electron chi connectivity index (χ3n) is 3.57. The van der Waals surface area contributed by atoms with Gasteiger partial charge in [0.2, 0.25) is 0 Å². The zero-order valence-corrected chi connectivity index (χ0v) is 13.1. The topological polar surface area (TPSA) is 74.2 Å². The van der Waals surface area contributed by atoms with Crippen LogP contribution in [0.2, 0.25) is 5.15 Å². The predicted octanol–water partition coefficient (Wildman–Crippen LogP) is 3.02. The van der Waals surface area contributed by atoms with Crippen LogP contribution in [0.4, 0.5) is 10.5 Å². The number of aryl methyl sites for hydroxylation is 2. The van der Waals surface area contributed by atoms with E-state index in [0.717, 1.165) is 11.3 Å². The number of aliphatic hydroxyl groups is 1. The Hall–Kier alpha value is -1.33. The van der Waals surface area contributed by atoms with Gasteiger partial charge in [0.05, 0.1) is 17.8 Å². The summed E-state index contributed by atoms with van der Waals surface area (Å²) in [6, 6.07) is 1.46. The maximum absolute atomic E-state index is 12.1. The van der Waals surface area contributed by atoms with Crippen molar-refractivity contribution >= 4 is 23.3 Å². The maximum Gasteiger partial charge on any atom is 0.319 e. The number of nitrogens with one attached hydrogen (secondary N) is 2. The molecule has 3 N–H and O–H groups in total. The first-order chi connectivity index (χ1) is 9.37. The van der Waals surface area contributed by atoms with Crippen molar-refractivity contribution in [3.63, 3.8) is 0 Å². The number of hydrogen-bond donors (Lipinski definition) is 3. The zero-order chi connectivity index (χ0) is 15.3. The van der Waals surface area contributed by atoms with Gasteiger partial charge in [-0.05, 0) is 38.3 Å². The molecule has 0 aliphatic heterocycles. The van der Waals surface area contributed by atoms with Gasteiger partial charge >= 0.3 is 6.03 Å². The lowest BCUT2D eigenvalue weighted by Crippen LogP contribution is -2.52. The summed E-state index contributed by atoms with van der Waals surface area (Å²) >= 11 is 6.05. The highest BCUT2D eigenvalue weighted by molar-refractivity contribution is 6.32. The minimum absolute atomic E-state index is 0.105. The van der Waals surface area contributed by atoms with Gasteiger partial charge in [-0.2, -0.15) is 0 Å². The number of carbonyl (C=O) groups excluding carboxylic acids is 1. The van der Waals surface area contributed by atoms with Crippen LogP contribution >= 0.6 is 11.6 Å². The fraction of sp³-hybridized carbons (Fsp3) is 0.571. The molecule has 0 saturated carbocycles. The van der Waals surface area contributed by atoms with Gasteiger partial charge in [-0.3, -0.25) is 0 Å². The fourth-order valence-electron chi connectivity index (χ4n) is 2.02. The lowest BCUT2D eigenvalue weighted by atomic mass is 9.94. The first-order valence-corrected chi connectivity index (χ1v) is 7.09. The van der Waals surface area contributed by atoms with Crippen molar-refractivity contribution in [2.75, 3.05) is 11.9 Å². The Labute approximate surface area is 124 Å². The van der Waals surface area contributed by atoms with Crippen LogP contribution in [-0.4, -0.2) is 28.3 Å². The maximum atomic E-state index is 12.1. The summed E-state index contributed by atoms with van der Waals surface area (Å²) in [5.74, 6) is 0. The minimum Gasteiger partial charge on any atom is -0.394 e. The molecule has 2 amide bonds. The average molecular weight is 300 g/mol. The third-order valence-corrected chi connectivity index (χ3v) is 3.85. The summed E-state index contributed by atoms with van der Waals surface area (Å²) in [7, 11) is 0. The molecule has 0 spiro atoms. The average Bonchev–Trinajstić information content (AvgIpc) is 2.40. The van der Waals surface area contributed by atoms with E-state index in [4.69, 9.17) is 11.6 Å². The van der Waals surface area contributed by atoms with Crippen molar-refractivity contribution in [3.05, 3.63) is 22.5 Å². The van der Waals surface area contributed by atoms with Gasteiger partial charge in [-0.25, -0.2) is 9.78 Å². The quantitative estimate of drug-likeness (QED) is 0.732. The summed E-state index contributed by atoms with van der Waals surface area (Å²) < 4.78 is 0. The number of aromatic nitrogens is 1. The van der Waals surface area contributed by atoms with Gasteiger partial charge in [0.1, 0.15) is 0 Å². The first kappa shape index (κ1) is 16.7. The molecule has 0 fully saturated rings. The van der Waals surface area contributed by atoms with E-state index >= 15 is 0 Å². The Kier molecular flexibility index (Phi) is 5.77. The van der Waals surface area contributed by atoms with Gasteiger partial charge in [0.25, 0.3) is 0 Å². The molecule has 1 aromatic heterocycles. The number of halogens is 1. The van der Waals surface area contributed by atoms with E-state index in [9.17, 15) is 9.90 Å².